The molecule has 1 amide bonds. The Labute approximate surface area is 63.2 Å². The van der Waals surface area contributed by atoms with Crippen molar-refractivity contribution in [3.8, 4) is 0 Å². The van der Waals surface area contributed by atoms with Crippen LogP contribution in [0.15, 0.2) is 0 Å². The van der Waals surface area contributed by atoms with Gasteiger partial charge in [-0.3, -0.25) is 4.79 Å². The predicted molar refractivity (Wildman–Crippen MR) is 42.8 cm³/mol. The molecule has 2 nitrogen and oxygen atoms in total. The molecule has 10 heavy (non-hydrogen) atoms. The van der Waals surface area contributed by atoms with E-state index in [1.165, 1.54) is 0 Å². The van der Waals surface area contributed by atoms with Gasteiger partial charge >= 0.3 is 0 Å². The molecule has 2 heteroatoms. The van der Waals surface area contributed by atoms with Crippen LogP contribution in [0.2, 0.25) is 0 Å². The first kappa shape index (κ1) is 9.47. The summed E-state index contributed by atoms with van der Waals surface area (Å²) in [7, 11) is 3.61. The first-order valence-electron chi connectivity index (χ1n) is 3.84. The number of hydrogen-bond donors (Lipinski definition) is 0. The van der Waals surface area contributed by atoms with Crippen molar-refractivity contribution in [2.45, 2.75) is 26.7 Å². The van der Waals surface area contributed by atoms with Crippen LogP contribution >= 0.6 is 0 Å². The standard InChI is InChI=1S/C8H17NO/c1-5-7(6-2)8(10)9(3)4/h7H,5-6H2,1-4H3. The van der Waals surface area contributed by atoms with Gasteiger partial charge < -0.3 is 4.90 Å². The van der Waals surface area contributed by atoms with Crippen molar-refractivity contribution in [2.24, 2.45) is 5.92 Å². The number of carbonyl (C=O) groups excluding carboxylic acids is 1. The second kappa shape index (κ2) is 4.31. The molecule has 0 unspecified atom stereocenters. The van der Waals surface area contributed by atoms with Gasteiger partial charge in [-0.1, -0.05) is 13.8 Å². The van der Waals surface area contributed by atoms with Gasteiger partial charge in [0.15, 0.2) is 0 Å². The van der Waals surface area contributed by atoms with E-state index in [9.17, 15) is 4.79 Å². The minimum absolute atomic E-state index is 0.231. The maximum Gasteiger partial charge on any atom is 0.225 e. The van der Waals surface area contributed by atoms with Gasteiger partial charge in [0, 0.05) is 20.0 Å². The van der Waals surface area contributed by atoms with E-state index in [2.05, 4.69) is 13.8 Å². The fourth-order valence-corrected chi connectivity index (χ4v) is 1.00. The van der Waals surface area contributed by atoms with Gasteiger partial charge in [0.1, 0.15) is 0 Å². The lowest BCUT2D eigenvalue weighted by Crippen LogP contribution is -2.28. The summed E-state index contributed by atoms with van der Waals surface area (Å²) in [5.41, 5.74) is 0. The van der Waals surface area contributed by atoms with Crippen LogP contribution in [0.5, 0.6) is 0 Å². The Morgan fingerprint density at radius 2 is 1.70 bits per heavy atom. The molecule has 0 aromatic carbocycles. The molecule has 0 aromatic heterocycles. The third kappa shape index (κ3) is 2.38. The highest BCUT2D eigenvalue weighted by atomic mass is 16.2. The van der Waals surface area contributed by atoms with E-state index in [0.717, 1.165) is 12.8 Å². The zero-order valence-corrected chi connectivity index (χ0v) is 7.35. The fourth-order valence-electron chi connectivity index (χ4n) is 1.00. The Morgan fingerprint density at radius 3 is 1.80 bits per heavy atom. The van der Waals surface area contributed by atoms with Crippen LogP contribution in [-0.4, -0.2) is 24.9 Å². The molecule has 0 rings (SSSR count). The van der Waals surface area contributed by atoms with Crippen LogP contribution in [0.3, 0.4) is 0 Å². The number of rotatable bonds is 3. The first-order valence-corrected chi connectivity index (χ1v) is 3.84. The molecule has 0 saturated carbocycles. The molecule has 60 valence electrons. The van der Waals surface area contributed by atoms with Gasteiger partial charge in [0.05, 0.1) is 0 Å². The van der Waals surface area contributed by atoms with Crippen LogP contribution in [0, 0.1) is 5.92 Å². The van der Waals surface area contributed by atoms with Crippen LogP contribution in [0.1, 0.15) is 26.7 Å². The van der Waals surface area contributed by atoms with Crippen molar-refractivity contribution in [3.63, 3.8) is 0 Å². The average molecular weight is 143 g/mol. The van der Waals surface area contributed by atoms with Gasteiger partial charge in [-0.15, -0.1) is 0 Å². The molecule has 0 N–H and O–H groups in total. The molecule has 0 aliphatic carbocycles. The molecule has 0 heterocycles. The van der Waals surface area contributed by atoms with Gasteiger partial charge in [0.2, 0.25) is 5.91 Å². The number of amides is 1. The summed E-state index contributed by atoms with van der Waals surface area (Å²) in [6.45, 7) is 4.10. The second-order valence-corrected chi connectivity index (χ2v) is 2.75. The average Bonchev–Trinajstić information content (AvgIpc) is 1.90. The van der Waals surface area contributed by atoms with E-state index in [1.807, 2.05) is 0 Å². The second-order valence-electron chi connectivity index (χ2n) is 2.75. The smallest absolute Gasteiger partial charge is 0.225 e. The Kier molecular flexibility index (Phi) is 4.08. The van der Waals surface area contributed by atoms with Gasteiger partial charge in [-0.05, 0) is 12.8 Å². The monoisotopic (exact) mass is 143 g/mol. The number of hydrogen-bond acceptors (Lipinski definition) is 1. The largest absolute Gasteiger partial charge is 0.349 e. The Morgan fingerprint density at radius 1 is 1.30 bits per heavy atom. The molecule has 0 bridgehead atoms. The van der Waals surface area contributed by atoms with E-state index < -0.39 is 0 Å². The number of nitrogens with zero attached hydrogens (tertiary/aromatic N) is 1. The summed E-state index contributed by atoms with van der Waals surface area (Å²) >= 11 is 0. The van der Waals surface area contributed by atoms with Crippen molar-refractivity contribution >= 4 is 5.91 Å². The van der Waals surface area contributed by atoms with Crippen molar-refractivity contribution in [3.05, 3.63) is 0 Å². The zero-order valence-electron chi connectivity index (χ0n) is 7.35. The summed E-state index contributed by atoms with van der Waals surface area (Å²) in [5, 5.41) is 0. The maximum absolute atomic E-state index is 11.2. The number of carbonyl (C=O) groups is 1. The third-order valence-corrected chi connectivity index (χ3v) is 1.78. The molecule has 0 aliphatic rings. The highest BCUT2D eigenvalue weighted by Gasteiger charge is 2.14. The molecule has 0 atom stereocenters. The first-order chi connectivity index (χ1) is 4.63. The van der Waals surface area contributed by atoms with Crippen molar-refractivity contribution in [2.75, 3.05) is 14.1 Å². The van der Waals surface area contributed by atoms with E-state index >= 15 is 0 Å². The van der Waals surface area contributed by atoms with Gasteiger partial charge in [-0.25, -0.2) is 0 Å². The molecule has 0 radical (unpaired) electrons. The minimum atomic E-state index is 0.231. The lowest BCUT2D eigenvalue weighted by atomic mass is 10.0. The molecule has 0 saturated heterocycles. The summed E-state index contributed by atoms with van der Waals surface area (Å²) in [6.07, 6.45) is 1.90. The van der Waals surface area contributed by atoms with Gasteiger partial charge in [-0.2, -0.15) is 0 Å². The Hall–Kier alpha value is -0.530. The molecule has 0 spiro atoms. The summed E-state index contributed by atoms with van der Waals surface area (Å²) in [4.78, 5) is 12.9. The third-order valence-electron chi connectivity index (χ3n) is 1.78. The highest BCUT2D eigenvalue weighted by Crippen LogP contribution is 2.09. The van der Waals surface area contributed by atoms with Crippen molar-refractivity contribution < 1.29 is 4.79 Å². The van der Waals surface area contributed by atoms with Crippen LogP contribution in [-0.2, 0) is 4.79 Å². The molecule has 0 fully saturated rings. The fraction of sp³-hybridized carbons (Fsp3) is 0.875. The molecule has 0 aliphatic heterocycles. The maximum atomic E-state index is 11.2. The normalized spacial score (nSPS) is 10.1. The molecular weight excluding hydrogens is 126 g/mol. The summed E-state index contributed by atoms with van der Waals surface area (Å²) < 4.78 is 0. The van der Waals surface area contributed by atoms with Crippen LogP contribution in [0.25, 0.3) is 0 Å². The molecular formula is C8H17NO. The van der Waals surface area contributed by atoms with E-state index in [4.69, 9.17) is 0 Å². The highest BCUT2D eigenvalue weighted by molar-refractivity contribution is 5.78. The Balaban J connectivity index is 3.89. The topological polar surface area (TPSA) is 20.3 Å². The lowest BCUT2D eigenvalue weighted by molar-refractivity contribution is -0.133. The van der Waals surface area contributed by atoms with Crippen molar-refractivity contribution in [1.82, 2.24) is 4.90 Å². The van der Waals surface area contributed by atoms with Crippen LogP contribution < -0.4 is 0 Å². The summed E-state index contributed by atoms with van der Waals surface area (Å²) in [5.74, 6) is 0.486. The minimum Gasteiger partial charge on any atom is -0.349 e. The van der Waals surface area contributed by atoms with E-state index in [-0.39, 0.29) is 11.8 Å². The van der Waals surface area contributed by atoms with E-state index in [0.29, 0.717) is 0 Å². The SMILES string of the molecule is CCC(CC)C(=O)N(C)C. The zero-order chi connectivity index (χ0) is 8.15. The van der Waals surface area contributed by atoms with Gasteiger partial charge in [0.25, 0.3) is 0 Å². The predicted octanol–water partition coefficient (Wildman–Crippen LogP) is 1.51. The quantitative estimate of drug-likeness (QED) is 0.586. The van der Waals surface area contributed by atoms with Crippen LogP contribution in [0.4, 0.5) is 0 Å². The van der Waals surface area contributed by atoms with E-state index in [1.54, 1.807) is 19.0 Å². The van der Waals surface area contributed by atoms with Crippen molar-refractivity contribution in [1.29, 1.82) is 0 Å². The summed E-state index contributed by atoms with van der Waals surface area (Å²) in [6, 6.07) is 0. The molecule has 0 aromatic rings. The lowest BCUT2D eigenvalue weighted by Gasteiger charge is -2.16. The Bertz CT molecular complexity index is 106.